The number of aromatic nitrogens is 3. The Balaban J connectivity index is 1.99. The predicted molar refractivity (Wildman–Crippen MR) is 65.8 cm³/mol. The van der Waals surface area contributed by atoms with Gasteiger partial charge >= 0.3 is 5.97 Å². The van der Waals surface area contributed by atoms with Gasteiger partial charge in [0.2, 0.25) is 11.9 Å². The van der Waals surface area contributed by atoms with Crippen LogP contribution < -0.4 is 5.73 Å². The third-order valence-electron chi connectivity index (χ3n) is 2.98. The lowest BCUT2D eigenvalue weighted by atomic mass is 10.2. The van der Waals surface area contributed by atoms with Crippen molar-refractivity contribution in [1.82, 2.24) is 19.7 Å². The SMILES string of the molecule is CCOC(=O)C1CCCN1C(=O)Cn1cnc(N)n1. The number of esters is 1. The molecule has 104 valence electrons. The fraction of sp³-hybridized carbons (Fsp3) is 0.636. The summed E-state index contributed by atoms with van der Waals surface area (Å²) < 4.78 is 6.33. The van der Waals surface area contributed by atoms with Gasteiger partial charge in [0, 0.05) is 6.54 Å². The second-order valence-electron chi connectivity index (χ2n) is 4.30. The third-order valence-corrected chi connectivity index (χ3v) is 2.98. The van der Waals surface area contributed by atoms with Gasteiger partial charge < -0.3 is 15.4 Å². The minimum Gasteiger partial charge on any atom is -0.464 e. The maximum atomic E-state index is 12.1. The topological polar surface area (TPSA) is 103 Å². The second kappa shape index (κ2) is 5.68. The third kappa shape index (κ3) is 3.01. The average molecular weight is 267 g/mol. The second-order valence-corrected chi connectivity index (χ2v) is 4.30. The van der Waals surface area contributed by atoms with Gasteiger partial charge in [-0.25, -0.2) is 14.5 Å². The molecule has 8 heteroatoms. The van der Waals surface area contributed by atoms with Crippen molar-refractivity contribution >= 4 is 17.8 Å². The predicted octanol–water partition coefficient (Wildman–Crippen LogP) is -0.586. The molecule has 0 bridgehead atoms. The maximum absolute atomic E-state index is 12.1. The van der Waals surface area contributed by atoms with Crippen LogP contribution in [0.1, 0.15) is 19.8 Å². The molecule has 1 aromatic rings. The molecule has 1 aromatic heterocycles. The van der Waals surface area contributed by atoms with E-state index < -0.39 is 6.04 Å². The van der Waals surface area contributed by atoms with Crippen molar-refractivity contribution in [1.29, 1.82) is 0 Å². The molecule has 0 spiro atoms. The number of nitrogens with zero attached hydrogens (tertiary/aromatic N) is 4. The number of nitrogens with two attached hydrogens (primary N) is 1. The zero-order valence-electron chi connectivity index (χ0n) is 10.8. The standard InChI is InChI=1S/C11H17N5O3/c1-2-19-10(18)8-4-3-5-16(8)9(17)6-15-7-13-11(12)14-15/h7-8H,2-6H2,1H3,(H2,12,14). The fourth-order valence-corrected chi connectivity index (χ4v) is 2.16. The summed E-state index contributed by atoms with van der Waals surface area (Å²) in [5.41, 5.74) is 5.38. The van der Waals surface area contributed by atoms with Crippen molar-refractivity contribution in [2.45, 2.75) is 32.4 Å². The Morgan fingerprint density at radius 1 is 1.58 bits per heavy atom. The van der Waals surface area contributed by atoms with Crippen LogP contribution >= 0.6 is 0 Å². The van der Waals surface area contributed by atoms with Crippen LogP contribution in [0.25, 0.3) is 0 Å². The van der Waals surface area contributed by atoms with E-state index in [0.717, 1.165) is 6.42 Å². The van der Waals surface area contributed by atoms with Crippen LogP contribution in [0.4, 0.5) is 5.95 Å². The summed E-state index contributed by atoms with van der Waals surface area (Å²) in [5, 5.41) is 3.85. The number of carbonyl (C=O) groups is 2. The van der Waals surface area contributed by atoms with Crippen molar-refractivity contribution in [3.8, 4) is 0 Å². The van der Waals surface area contributed by atoms with Crippen molar-refractivity contribution < 1.29 is 14.3 Å². The van der Waals surface area contributed by atoms with Gasteiger partial charge in [-0.1, -0.05) is 0 Å². The summed E-state index contributed by atoms with van der Waals surface area (Å²) in [6, 6.07) is -0.478. The molecule has 8 nitrogen and oxygen atoms in total. The van der Waals surface area contributed by atoms with Gasteiger partial charge in [-0.05, 0) is 19.8 Å². The number of hydrogen-bond donors (Lipinski definition) is 1. The number of nitrogen functional groups attached to an aromatic ring is 1. The fourth-order valence-electron chi connectivity index (χ4n) is 2.16. The van der Waals surface area contributed by atoms with E-state index in [4.69, 9.17) is 10.5 Å². The van der Waals surface area contributed by atoms with Gasteiger partial charge in [-0.3, -0.25) is 4.79 Å². The molecular formula is C11H17N5O3. The first-order valence-electron chi connectivity index (χ1n) is 6.23. The molecule has 2 heterocycles. The maximum Gasteiger partial charge on any atom is 0.328 e. The molecule has 1 amide bonds. The lowest BCUT2D eigenvalue weighted by molar-refractivity contribution is -0.153. The van der Waals surface area contributed by atoms with Crippen molar-refractivity contribution in [3.63, 3.8) is 0 Å². The van der Waals surface area contributed by atoms with Crippen LogP contribution in [0.5, 0.6) is 0 Å². The molecule has 0 radical (unpaired) electrons. The van der Waals surface area contributed by atoms with Crippen LogP contribution in [-0.4, -0.2) is 50.7 Å². The lowest BCUT2D eigenvalue weighted by Gasteiger charge is -2.22. The Kier molecular flexibility index (Phi) is 3.98. The molecule has 0 aromatic carbocycles. The van der Waals surface area contributed by atoms with Gasteiger partial charge in [0.25, 0.3) is 0 Å². The normalized spacial score (nSPS) is 18.6. The minimum atomic E-state index is -0.478. The minimum absolute atomic E-state index is 0.0279. The van der Waals surface area contributed by atoms with Gasteiger partial charge in [0.1, 0.15) is 18.9 Å². The summed E-state index contributed by atoms with van der Waals surface area (Å²) in [7, 11) is 0. The quantitative estimate of drug-likeness (QED) is 0.732. The molecule has 19 heavy (non-hydrogen) atoms. The van der Waals surface area contributed by atoms with Crippen molar-refractivity contribution in [3.05, 3.63) is 6.33 Å². The highest BCUT2D eigenvalue weighted by Crippen LogP contribution is 2.19. The number of hydrogen-bond acceptors (Lipinski definition) is 6. The van der Waals surface area contributed by atoms with E-state index in [1.165, 1.54) is 15.9 Å². The van der Waals surface area contributed by atoms with Crippen molar-refractivity contribution in [2.24, 2.45) is 0 Å². The zero-order valence-corrected chi connectivity index (χ0v) is 10.8. The summed E-state index contributed by atoms with van der Waals surface area (Å²) in [4.78, 5) is 29.2. The van der Waals surface area contributed by atoms with Crippen LogP contribution in [0, 0.1) is 0 Å². The number of amides is 1. The highest BCUT2D eigenvalue weighted by molar-refractivity contribution is 5.85. The van der Waals surface area contributed by atoms with E-state index in [2.05, 4.69) is 10.1 Å². The Morgan fingerprint density at radius 3 is 3.00 bits per heavy atom. The zero-order chi connectivity index (χ0) is 13.8. The summed E-state index contributed by atoms with van der Waals surface area (Å²) in [5.74, 6) is -0.400. The summed E-state index contributed by atoms with van der Waals surface area (Å²) in [6.45, 7) is 2.65. The number of ether oxygens (including phenoxy) is 1. The Morgan fingerprint density at radius 2 is 2.37 bits per heavy atom. The van der Waals surface area contributed by atoms with Crippen LogP contribution in [0.15, 0.2) is 6.33 Å². The van der Waals surface area contributed by atoms with E-state index in [9.17, 15) is 9.59 Å². The number of carbonyl (C=O) groups excluding carboxylic acids is 2. The van der Waals surface area contributed by atoms with E-state index in [-0.39, 0.29) is 24.4 Å². The summed E-state index contributed by atoms with van der Waals surface area (Å²) >= 11 is 0. The average Bonchev–Trinajstić information content (AvgIpc) is 2.98. The first-order chi connectivity index (χ1) is 9.11. The highest BCUT2D eigenvalue weighted by Gasteiger charge is 2.35. The monoisotopic (exact) mass is 267 g/mol. The Hall–Kier alpha value is -2.12. The number of anilines is 1. The molecule has 1 unspecified atom stereocenters. The van der Waals surface area contributed by atoms with Gasteiger partial charge in [-0.15, -0.1) is 5.10 Å². The smallest absolute Gasteiger partial charge is 0.328 e. The largest absolute Gasteiger partial charge is 0.464 e. The van der Waals surface area contributed by atoms with Gasteiger partial charge in [0.15, 0.2) is 0 Å². The number of likely N-dealkylation sites (tertiary alicyclic amines) is 1. The van der Waals surface area contributed by atoms with Crippen molar-refractivity contribution in [2.75, 3.05) is 18.9 Å². The molecule has 1 saturated heterocycles. The molecule has 1 atom stereocenters. The molecule has 2 rings (SSSR count). The lowest BCUT2D eigenvalue weighted by Crippen LogP contribution is -2.43. The molecular weight excluding hydrogens is 250 g/mol. The Bertz CT molecular complexity index is 473. The molecule has 1 aliphatic rings. The van der Waals surface area contributed by atoms with Crippen LogP contribution in [0.3, 0.4) is 0 Å². The molecule has 0 saturated carbocycles. The first kappa shape index (κ1) is 13.3. The van der Waals surface area contributed by atoms with E-state index in [0.29, 0.717) is 19.6 Å². The van der Waals surface area contributed by atoms with Crippen LogP contribution in [0.2, 0.25) is 0 Å². The summed E-state index contributed by atoms with van der Waals surface area (Å²) in [6.07, 6.45) is 2.83. The number of rotatable bonds is 4. The highest BCUT2D eigenvalue weighted by atomic mass is 16.5. The molecule has 1 fully saturated rings. The van der Waals surface area contributed by atoms with Gasteiger partial charge in [-0.2, -0.15) is 0 Å². The Labute approximate surface area is 110 Å². The van der Waals surface area contributed by atoms with E-state index >= 15 is 0 Å². The molecule has 2 N–H and O–H groups in total. The first-order valence-corrected chi connectivity index (χ1v) is 6.23. The van der Waals surface area contributed by atoms with E-state index in [1.807, 2.05) is 0 Å². The molecule has 1 aliphatic heterocycles. The van der Waals surface area contributed by atoms with Gasteiger partial charge in [0.05, 0.1) is 6.61 Å². The molecule has 0 aliphatic carbocycles. The van der Waals surface area contributed by atoms with E-state index in [1.54, 1.807) is 6.92 Å². The van der Waals surface area contributed by atoms with Crippen LogP contribution in [-0.2, 0) is 20.9 Å².